The van der Waals surface area contributed by atoms with Gasteiger partial charge >= 0.3 is 0 Å². The minimum atomic E-state index is 0.724. The van der Waals surface area contributed by atoms with Crippen LogP contribution in [0.15, 0.2) is 57.7 Å². The van der Waals surface area contributed by atoms with Crippen LogP contribution in [0, 0.1) is 0 Å². The van der Waals surface area contributed by atoms with Gasteiger partial charge in [0.15, 0.2) is 0 Å². The number of aromatic nitrogens is 1. The normalized spacial score (nSPS) is 10.8. The monoisotopic (exact) mass is 278 g/mol. The summed E-state index contributed by atoms with van der Waals surface area (Å²) in [7, 11) is 1.51. The van der Waals surface area contributed by atoms with Gasteiger partial charge in [-0.3, -0.25) is 0 Å². The zero-order chi connectivity index (χ0) is 12.8. The van der Waals surface area contributed by atoms with E-state index in [1.54, 1.807) is 24.2 Å². The molecule has 0 unspecified atom stereocenters. The molecule has 5 heteroatoms. The molecule has 0 aliphatic carbocycles. The van der Waals surface area contributed by atoms with E-state index in [0.29, 0.717) is 0 Å². The van der Waals surface area contributed by atoms with E-state index in [1.165, 1.54) is 7.11 Å². The smallest absolute Gasteiger partial charge is 0.110 e. The van der Waals surface area contributed by atoms with Gasteiger partial charge in [-0.15, -0.1) is 0 Å². The Kier molecular flexibility index (Phi) is 4.61. The van der Waals surface area contributed by atoms with Crippen molar-refractivity contribution in [3.63, 3.8) is 0 Å². The molecule has 0 saturated heterocycles. The van der Waals surface area contributed by atoms with Crippen molar-refractivity contribution in [2.75, 3.05) is 7.11 Å². The molecule has 18 heavy (non-hydrogen) atoms. The van der Waals surface area contributed by atoms with Gasteiger partial charge in [-0.25, -0.2) is 4.98 Å². The Labute approximate surface area is 115 Å². The molecule has 0 N–H and O–H groups in total. The predicted molar refractivity (Wildman–Crippen MR) is 74.4 cm³/mol. The molecule has 2 aromatic rings. The fraction of sp³-hybridized carbons (Fsp3) is 0.0769. The predicted octanol–water partition coefficient (Wildman–Crippen LogP) is 3.87. The fourth-order valence-electron chi connectivity index (χ4n) is 1.31. The molecular weight excluding hydrogens is 268 g/mol. The molecule has 0 aliphatic rings. The molecule has 92 valence electrons. The Morgan fingerprint density at radius 2 is 2.06 bits per heavy atom. The van der Waals surface area contributed by atoms with Crippen LogP contribution in [-0.2, 0) is 4.84 Å². The zero-order valence-corrected chi connectivity index (χ0v) is 11.3. The average molecular weight is 279 g/mol. The quantitative estimate of drug-likeness (QED) is 0.629. The second-order valence-corrected chi connectivity index (χ2v) is 4.87. The summed E-state index contributed by atoms with van der Waals surface area (Å²) in [4.78, 5) is 10.1. The maximum absolute atomic E-state index is 5.85. The first-order valence-corrected chi connectivity index (χ1v) is 6.44. The van der Waals surface area contributed by atoms with Crippen molar-refractivity contribution in [1.29, 1.82) is 0 Å². The third-order valence-electron chi connectivity index (χ3n) is 2.13. The van der Waals surface area contributed by atoms with E-state index < -0.39 is 0 Å². The number of rotatable bonds is 4. The highest BCUT2D eigenvalue weighted by atomic mass is 35.5. The van der Waals surface area contributed by atoms with Gasteiger partial charge in [0, 0.05) is 21.7 Å². The standard InChI is InChI=1S/C13H11ClN2OS/c1-17-16-9-10-3-2-8-15-13(10)18-12-6-4-11(14)5-7-12/h2-9H,1H3. The average Bonchev–Trinajstić information content (AvgIpc) is 2.40. The number of nitrogens with zero attached hydrogens (tertiary/aromatic N) is 2. The SMILES string of the molecule is CON=Cc1cccnc1Sc1ccc(Cl)cc1. The highest BCUT2D eigenvalue weighted by molar-refractivity contribution is 7.99. The lowest BCUT2D eigenvalue weighted by Crippen LogP contribution is -1.89. The third kappa shape index (κ3) is 3.48. The van der Waals surface area contributed by atoms with Crippen molar-refractivity contribution in [2.24, 2.45) is 5.16 Å². The lowest BCUT2D eigenvalue weighted by molar-refractivity contribution is 0.215. The van der Waals surface area contributed by atoms with E-state index in [1.807, 2.05) is 36.4 Å². The molecule has 0 spiro atoms. The molecule has 0 amide bonds. The van der Waals surface area contributed by atoms with Gasteiger partial charge in [0.05, 0.1) is 6.21 Å². The molecule has 1 aromatic heterocycles. The van der Waals surface area contributed by atoms with Crippen molar-refractivity contribution in [1.82, 2.24) is 4.98 Å². The molecule has 1 aromatic carbocycles. The van der Waals surface area contributed by atoms with Crippen molar-refractivity contribution in [2.45, 2.75) is 9.92 Å². The summed E-state index contributed by atoms with van der Waals surface area (Å²) >= 11 is 7.41. The maximum atomic E-state index is 5.85. The zero-order valence-electron chi connectivity index (χ0n) is 9.71. The molecule has 1 heterocycles. The van der Waals surface area contributed by atoms with Crippen molar-refractivity contribution in [3.8, 4) is 0 Å². The van der Waals surface area contributed by atoms with Crippen LogP contribution in [0.2, 0.25) is 5.02 Å². The van der Waals surface area contributed by atoms with Crippen LogP contribution in [0.25, 0.3) is 0 Å². The number of hydrogen-bond acceptors (Lipinski definition) is 4. The highest BCUT2D eigenvalue weighted by Crippen LogP contribution is 2.28. The van der Waals surface area contributed by atoms with Crippen LogP contribution < -0.4 is 0 Å². The van der Waals surface area contributed by atoms with Gasteiger partial charge < -0.3 is 4.84 Å². The lowest BCUT2D eigenvalue weighted by Gasteiger charge is -2.04. The van der Waals surface area contributed by atoms with Gasteiger partial charge in [0.25, 0.3) is 0 Å². The first kappa shape index (κ1) is 12.9. The van der Waals surface area contributed by atoms with Gasteiger partial charge in [0.2, 0.25) is 0 Å². The number of benzene rings is 1. The molecule has 0 aliphatic heterocycles. The van der Waals surface area contributed by atoms with E-state index in [4.69, 9.17) is 11.6 Å². The molecular formula is C13H11ClN2OS. The summed E-state index contributed by atoms with van der Waals surface area (Å²) in [5, 5.41) is 5.36. The Morgan fingerprint density at radius 1 is 1.28 bits per heavy atom. The van der Waals surface area contributed by atoms with Crippen molar-refractivity contribution in [3.05, 3.63) is 53.2 Å². The second kappa shape index (κ2) is 6.42. The van der Waals surface area contributed by atoms with Crippen LogP contribution >= 0.6 is 23.4 Å². The first-order chi connectivity index (χ1) is 8.79. The maximum Gasteiger partial charge on any atom is 0.110 e. The summed E-state index contributed by atoms with van der Waals surface area (Å²) < 4.78 is 0. The Hall–Kier alpha value is -1.52. The molecule has 0 atom stereocenters. The first-order valence-electron chi connectivity index (χ1n) is 5.24. The fourth-order valence-corrected chi connectivity index (χ4v) is 2.28. The summed E-state index contributed by atoms with van der Waals surface area (Å²) in [5.41, 5.74) is 0.916. The van der Waals surface area contributed by atoms with Gasteiger partial charge in [0.1, 0.15) is 12.1 Å². The van der Waals surface area contributed by atoms with Crippen LogP contribution in [0.1, 0.15) is 5.56 Å². The van der Waals surface area contributed by atoms with Crippen LogP contribution in [0.3, 0.4) is 0 Å². The molecule has 2 rings (SSSR count). The second-order valence-electron chi connectivity index (χ2n) is 3.37. The van der Waals surface area contributed by atoms with Crippen molar-refractivity contribution >= 4 is 29.6 Å². The summed E-state index contributed by atoms with van der Waals surface area (Å²) in [6.07, 6.45) is 3.40. The molecule has 0 saturated carbocycles. The minimum Gasteiger partial charge on any atom is -0.399 e. The van der Waals surface area contributed by atoms with Crippen LogP contribution in [-0.4, -0.2) is 18.3 Å². The minimum absolute atomic E-state index is 0.724. The number of halogens is 1. The number of oxime groups is 1. The van der Waals surface area contributed by atoms with E-state index in [0.717, 1.165) is 20.5 Å². The Bertz CT molecular complexity index is 543. The number of pyridine rings is 1. The Morgan fingerprint density at radius 3 is 2.78 bits per heavy atom. The largest absolute Gasteiger partial charge is 0.399 e. The summed E-state index contributed by atoms with van der Waals surface area (Å²) in [6, 6.07) is 11.4. The van der Waals surface area contributed by atoms with Gasteiger partial charge in [-0.05, 0) is 36.4 Å². The van der Waals surface area contributed by atoms with E-state index in [9.17, 15) is 0 Å². The van der Waals surface area contributed by atoms with Crippen LogP contribution in [0.4, 0.5) is 0 Å². The molecule has 0 fully saturated rings. The van der Waals surface area contributed by atoms with Gasteiger partial charge in [-0.2, -0.15) is 0 Å². The summed E-state index contributed by atoms with van der Waals surface area (Å²) in [5.74, 6) is 0. The third-order valence-corrected chi connectivity index (χ3v) is 3.42. The number of hydrogen-bond donors (Lipinski definition) is 0. The van der Waals surface area contributed by atoms with Gasteiger partial charge in [-0.1, -0.05) is 28.5 Å². The molecule has 0 bridgehead atoms. The van der Waals surface area contributed by atoms with E-state index in [-0.39, 0.29) is 0 Å². The van der Waals surface area contributed by atoms with E-state index in [2.05, 4.69) is 15.0 Å². The highest BCUT2D eigenvalue weighted by Gasteiger charge is 2.04. The lowest BCUT2D eigenvalue weighted by atomic mass is 10.3. The molecule has 3 nitrogen and oxygen atoms in total. The van der Waals surface area contributed by atoms with Crippen molar-refractivity contribution < 1.29 is 4.84 Å². The van der Waals surface area contributed by atoms with E-state index >= 15 is 0 Å². The topological polar surface area (TPSA) is 34.5 Å². The molecule has 0 radical (unpaired) electrons. The Balaban J connectivity index is 2.23. The van der Waals surface area contributed by atoms with Crippen LogP contribution in [0.5, 0.6) is 0 Å². The summed E-state index contributed by atoms with van der Waals surface area (Å²) in [6.45, 7) is 0.